The van der Waals surface area contributed by atoms with Crippen molar-refractivity contribution in [2.45, 2.75) is 55.0 Å². The van der Waals surface area contributed by atoms with Crippen molar-refractivity contribution in [2.75, 3.05) is 13.2 Å². The number of rotatable bonds is 3. The Bertz CT molecular complexity index is 480. The van der Waals surface area contributed by atoms with Crippen LogP contribution in [0.15, 0.2) is 29.4 Å². The van der Waals surface area contributed by atoms with Crippen LogP contribution in [0.5, 0.6) is 0 Å². The highest BCUT2D eigenvalue weighted by atomic mass is 32.2. The van der Waals surface area contributed by atoms with E-state index in [9.17, 15) is 4.79 Å². The highest BCUT2D eigenvalue weighted by Crippen LogP contribution is 2.31. The first-order valence-electron chi connectivity index (χ1n) is 7.75. The van der Waals surface area contributed by atoms with E-state index in [0.717, 1.165) is 24.4 Å². The number of amides is 1. The van der Waals surface area contributed by atoms with E-state index < -0.39 is 0 Å². The molecule has 1 aliphatic heterocycles. The summed E-state index contributed by atoms with van der Waals surface area (Å²) in [5, 5.41) is 0.812. The van der Waals surface area contributed by atoms with Crippen LogP contribution in [0.25, 0.3) is 0 Å². The Morgan fingerprint density at radius 2 is 2.29 bits per heavy atom. The third-order valence-corrected chi connectivity index (χ3v) is 5.34. The second kappa shape index (κ2) is 6.79. The zero-order chi connectivity index (χ0) is 14.7. The van der Waals surface area contributed by atoms with Crippen molar-refractivity contribution < 1.29 is 9.53 Å². The number of fused-ring (bicyclic) bond motifs is 1. The number of thioether (sulfide) groups is 1. The van der Waals surface area contributed by atoms with Crippen molar-refractivity contribution in [1.82, 2.24) is 9.88 Å². The fourth-order valence-corrected chi connectivity index (χ4v) is 4.13. The SMILES string of the molecule is C[C@H](Sc1ccccn1)C(=O)N1CCO[C@H]2CCCC[C@H]21. The van der Waals surface area contributed by atoms with Gasteiger partial charge >= 0.3 is 0 Å². The van der Waals surface area contributed by atoms with Crippen molar-refractivity contribution in [2.24, 2.45) is 0 Å². The molecule has 21 heavy (non-hydrogen) atoms. The third kappa shape index (κ3) is 3.40. The van der Waals surface area contributed by atoms with Crippen LogP contribution < -0.4 is 0 Å². The Morgan fingerprint density at radius 1 is 1.43 bits per heavy atom. The number of morpholine rings is 1. The number of aromatic nitrogens is 1. The van der Waals surface area contributed by atoms with Gasteiger partial charge in [0.2, 0.25) is 5.91 Å². The lowest BCUT2D eigenvalue weighted by atomic mass is 9.90. The number of ether oxygens (including phenoxy) is 1. The Kier molecular flexibility index (Phi) is 4.80. The topological polar surface area (TPSA) is 42.4 Å². The first kappa shape index (κ1) is 14.9. The first-order valence-corrected chi connectivity index (χ1v) is 8.63. The summed E-state index contributed by atoms with van der Waals surface area (Å²) in [5.74, 6) is 0.228. The number of carbonyl (C=O) groups is 1. The fraction of sp³-hybridized carbons (Fsp3) is 0.625. The molecule has 3 atom stereocenters. The fourth-order valence-electron chi connectivity index (χ4n) is 3.25. The molecule has 0 unspecified atom stereocenters. The normalized spacial score (nSPS) is 27.0. The number of carbonyl (C=O) groups excluding carboxylic acids is 1. The van der Waals surface area contributed by atoms with Crippen molar-refractivity contribution in [1.29, 1.82) is 0 Å². The zero-order valence-electron chi connectivity index (χ0n) is 12.4. The molecule has 1 aromatic rings. The summed E-state index contributed by atoms with van der Waals surface area (Å²) in [5.41, 5.74) is 0. The predicted octanol–water partition coefficient (Wildman–Crippen LogP) is 2.73. The minimum absolute atomic E-state index is 0.0967. The molecule has 4 nitrogen and oxygen atoms in total. The molecule has 0 spiro atoms. The van der Waals surface area contributed by atoms with Crippen molar-refractivity contribution in [3.05, 3.63) is 24.4 Å². The van der Waals surface area contributed by atoms with E-state index in [-0.39, 0.29) is 23.3 Å². The number of hydrogen-bond acceptors (Lipinski definition) is 4. The van der Waals surface area contributed by atoms with Gasteiger partial charge < -0.3 is 9.64 Å². The van der Waals surface area contributed by atoms with Crippen molar-refractivity contribution >= 4 is 17.7 Å². The van der Waals surface area contributed by atoms with E-state index in [1.807, 2.05) is 25.1 Å². The van der Waals surface area contributed by atoms with Crippen LogP contribution in [0, 0.1) is 0 Å². The standard InChI is InChI=1S/C16H22N2O2S/c1-12(21-15-8-4-5-9-17-15)16(19)18-10-11-20-14-7-3-2-6-13(14)18/h4-5,8-9,12-14H,2-3,6-7,10-11H2,1H3/t12-,13+,14-/m0/s1. The Labute approximate surface area is 130 Å². The van der Waals surface area contributed by atoms with E-state index in [1.165, 1.54) is 12.8 Å². The van der Waals surface area contributed by atoms with Gasteiger partial charge in [0, 0.05) is 12.7 Å². The van der Waals surface area contributed by atoms with Crippen LogP contribution in [0.1, 0.15) is 32.6 Å². The maximum Gasteiger partial charge on any atom is 0.236 e. The van der Waals surface area contributed by atoms with Gasteiger partial charge in [-0.25, -0.2) is 4.98 Å². The van der Waals surface area contributed by atoms with Crippen molar-refractivity contribution in [3.8, 4) is 0 Å². The van der Waals surface area contributed by atoms with Crippen LogP contribution in [0.2, 0.25) is 0 Å². The Morgan fingerprint density at radius 3 is 3.10 bits per heavy atom. The molecule has 0 radical (unpaired) electrons. The molecule has 0 N–H and O–H groups in total. The van der Waals surface area contributed by atoms with Crippen LogP contribution in [0.3, 0.4) is 0 Å². The van der Waals surface area contributed by atoms with Gasteiger partial charge in [-0.1, -0.05) is 30.7 Å². The molecule has 1 aromatic heterocycles. The summed E-state index contributed by atoms with van der Waals surface area (Å²) >= 11 is 1.54. The van der Waals surface area contributed by atoms with E-state index in [1.54, 1.807) is 18.0 Å². The molecule has 2 heterocycles. The average Bonchev–Trinajstić information content (AvgIpc) is 2.54. The van der Waals surface area contributed by atoms with E-state index in [4.69, 9.17) is 4.74 Å². The molecule has 2 fully saturated rings. The van der Waals surface area contributed by atoms with E-state index in [0.29, 0.717) is 6.61 Å². The first-order chi connectivity index (χ1) is 10.3. The molecule has 1 saturated carbocycles. The Balaban J connectivity index is 1.65. The van der Waals surface area contributed by atoms with E-state index in [2.05, 4.69) is 9.88 Å². The van der Waals surface area contributed by atoms with Gasteiger partial charge in [0.05, 0.1) is 29.0 Å². The molecule has 5 heteroatoms. The molecule has 0 aromatic carbocycles. The minimum Gasteiger partial charge on any atom is -0.374 e. The summed E-state index contributed by atoms with van der Waals surface area (Å²) in [6.07, 6.45) is 6.62. The van der Waals surface area contributed by atoms with Gasteiger partial charge in [-0.3, -0.25) is 4.79 Å². The third-order valence-electron chi connectivity index (χ3n) is 4.30. The molecule has 0 bridgehead atoms. The Hall–Kier alpha value is -1.07. The van der Waals surface area contributed by atoms with Crippen LogP contribution in [0.4, 0.5) is 0 Å². The van der Waals surface area contributed by atoms with Crippen LogP contribution in [-0.4, -0.2) is 46.3 Å². The lowest BCUT2D eigenvalue weighted by Crippen LogP contribution is -2.56. The summed E-state index contributed by atoms with van der Waals surface area (Å²) < 4.78 is 5.85. The zero-order valence-corrected chi connectivity index (χ0v) is 13.2. The monoisotopic (exact) mass is 306 g/mol. The number of pyridine rings is 1. The summed E-state index contributed by atoms with van der Waals surface area (Å²) in [4.78, 5) is 19.1. The van der Waals surface area contributed by atoms with Crippen LogP contribution in [-0.2, 0) is 9.53 Å². The predicted molar refractivity (Wildman–Crippen MR) is 83.3 cm³/mol. The van der Waals surface area contributed by atoms with Gasteiger partial charge in [-0.05, 0) is 31.9 Å². The van der Waals surface area contributed by atoms with Gasteiger partial charge in [0.1, 0.15) is 0 Å². The van der Waals surface area contributed by atoms with Crippen LogP contribution >= 0.6 is 11.8 Å². The van der Waals surface area contributed by atoms with E-state index >= 15 is 0 Å². The van der Waals surface area contributed by atoms with Gasteiger partial charge in [0.15, 0.2) is 0 Å². The smallest absolute Gasteiger partial charge is 0.236 e. The summed E-state index contributed by atoms with van der Waals surface area (Å²) in [6, 6.07) is 6.09. The molecule has 3 rings (SSSR count). The molecule has 114 valence electrons. The maximum absolute atomic E-state index is 12.8. The summed E-state index contributed by atoms with van der Waals surface area (Å²) in [7, 11) is 0. The van der Waals surface area contributed by atoms with Gasteiger partial charge in [-0.2, -0.15) is 0 Å². The number of nitrogens with zero attached hydrogens (tertiary/aromatic N) is 2. The highest BCUT2D eigenvalue weighted by molar-refractivity contribution is 8.00. The number of hydrogen-bond donors (Lipinski definition) is 0. The van der Waals surface area contributed by atoms with Gasteiger partial charge in [-0.15, -0.1) is 0 Å². The molecule has 1 saturated heterocycles. The lowest BCUT2D eigenvalue weighted by Gasteiger charge is -2.44. The van der Waals surface area contributed by atoms with Crippen molar-refractivity contribution in [3.63, 3.8) is 0 Å². The van der Waals surface area contributed by atoms with Gasteiger partial charge in [0.25, 0.3) is 0 Å². The average molecular weight is 306 g/mol. The molecular weight excluding hydrogens is 284 g/mol. The highest BCUT2D eigenvalue weighted by Gasteiger charge is 2.38. The quantitative estimate of drug-likeness (QED) is 0.805. The largest absolute Gasteiger partial charge is 0.374 e. The second-order valence-electron chi connectivity index (χ2n) is 5.72. The molecule has 1 aliphatic carbocycles. The minimum atomic E-state index is -0.0967. The summed E-state index contributed by atoms with van der Waals surface area (Å²) in [6.45, 7) is 3.38. The second-order valence-corrected chi connectivity index (χ2v) is 7.08. The maximum atomic E-state index is 12.8. The molecular formula is C16H22N2O2S. The molecule has 2 aliphatic rings. The lowest BCUT2D eigenvalue weighted by molar-refractivity contribution is -0.148. The molecule has 1 amide bonds.